The SMILES string of the molecule is c1cc2c(c(CC3CNC3)c1)OCC2. The van der Waals surface area contributed by atoms with E-state index >= 15 is 0 Å². The molecule has 2 aliphatic rings. The van der Waals surface area contributed by atoms with Crippen molar-refractivity contribution in [3.8, 4) is 5.75 Å². The fourth-order valence-corrected chi connectivity index (χ4v) is 2.25. The van der Waals surface area contributed by atoms with E-state index in [9.17, 15) is 0 Å². The minimum Gasteiger partial charge on any atom is -0.493 e. The van der Waals surface area contributed by atoms with Crippen LogP contribution in [-0.2, 0) is 12.8 Å². The molecule has 0 amide bonds. The van der Waals surface area contributed by atoms with Gasteiger partial charge >= 0.3 is 0 Å². The molecule has 3 rings (SSSR count). The number of para-hydroxylation sites is 1. The van der Waals surface area contributed by atoms with Gasteiger partial charge in [0, 0.05) is 6.42 Å². The van der Waals surface area contributed by atoms with Crippen LogP contribution in [0.25, 0.3) is 0 Å². The van der Waals surface area contributed by atoms with Gasteiger partial charge in [-0.15, -0.1) is 0 Å². The Balaban J connectivity index is 1.85. The molecule has 0 aliphatic carbocycles. The van der Waals surface area contributed by atoms with Crippen molar-refractivity contribution in [2.75, 3.05) is 19.7 Å². The van der Waals surface area contributed by atoms with Crippen LogP contribution in [0.4, 0.5) is 0 Å². The molecule has 2 aliphatic heterocycles. The normalized spacial score (nSPS) is 20.0. The molecule has 0 aromatic heterocycles. The third-order valence-corrected chi connectivity index (χ3v) is 3.17. The van der Waals surface area contributed by atoms with Crippen molar-refractivity contribution in [3.05, 3.63) is 29.3 Å². The predicted octanol–water partition coefficient (Wildman–Crippen LogP) is 1.38. The number of benzene rings is 1. The molecule has 0 saturated carbocycles. The van der Waals surface area contributed by atoms with E-state index in [0.717, 1.165) is 18.9 Å². The van der Waals surface area contributed by atoms with E-state index in [4.69, 9.17) is 4.74 Å². The first-order chi connectivity index (χ1) is 6.93. The summed E-state index contributed by atoms with van der Waals surface area (Å²) in [6.45, 7) is 3.21. The van der Waals surface area contributed by atoms with Crippen LogP contribution in [0.1, 0.15) is 11.1 Å². The lowest BCUT2D eigenvalue weighted by molar-refractivity contribution is 0.328. The van der Waals surface area contributed by atoms with Crippen molar-refractivity contribution in [2.45, 2.75) is 12.8 Å². The van der Waals surface area contributed by atoms with Crippen molar-refractivity contribution in [3.63, 3.8) is 0 Å². The summed E-state index contributed by atoms with van der Waals surface area (Å²) in [4.78, 5) is 0. The van der Waals surface area contributed by atoms with Crippen LogP contribution >= 0.6 is 0 Å². The number of hydrogen-bond acceptors (Lipinski definition) is 2. The third-order valence-electron chi connectivity index (χ3n) is 3.17. The quantitative estimate of drug-likeness (QED) is 0.759. The molecule has 1 fully saturated rings. The summed E-state index contributed by atoms with van der Waals surface area (Å²) in [6.07, 6.45) is 2.27. The second-order valence-corrected chi connectivity index (χ2v) is 4.23. The molecule has 2 heterocycles. The highest BCUT2D eigenvalue weighted by Gasteiger charge is 2.21. The lowest BCUT2D eigenvalue weighted by Crippen LogP contribution is -2.43. The van der Waals surface area contributed by atoms with Gasteiger partial charge in [-0.2, -0.15) is 0 Å². The first-order valence-corrected chi connectivity index (χ1v) is 5.38. The maximum atomic E-state index is 5.68. The standard InChI is InChI=1S/C12H15NO/c1-2-10-4-5-14-12(10)11(3-1)6-9-7-13-8-9/h1-3,9,13H,4-8H2. The van der Waals surface area contributed by atoms with Crippen LogP contribution in [0.5, 0.6) is 5.75 Å². The summed E-state index contributed by atoms with van der Waals surface area (Å²) in [5.41, 5.74) is 2.81. The summed E-state index contributed by atoms with van der Waals surface area (Å²) in [5, 5.41) is 3.31. The summed E-state index contributed by atoms with van der Waals surface area (Å²) in [5.74, 6) is 2.00. The molecule has 74 valence electrons. The summed E-state index contributed by atoms with van der Waals surface area (Å²) in [6, 6.07) is 6.56. The Morgan fingerprint density at radius 1 is 1.36 bits per heavy atom. The molecule has 14 heavy (non-hydrogen) atoms. The zero-order valence-corrected chi connectivity index (χ0v) is 8.25. The van der Waals surface area contributed by atoms with Gasteiger partial charge in [-0.1, -0.05) is 18.2 Å². The van der Waals surface area contributed by atoms with Crippen LogP contribution in [0.15, 0.2) is 18.2 Å². The Labute approximate surface area is 84.3 Å². The van der Waals surface area contributed by atoms with Gasteiger partial charge in [0.1, 0.15) is 5.75 Å². The number of fused-ring (bicyclic) bond motifs is 1. The summed E-state index contributed by atoms with van der Waals surface area (Å²) in [7, 11) is 0. The molecule has 0 spiro atoms. The number of nitrogens with one attached hydrogen (secondary N) is 1. The molecule has 0 radical (unpaired) electrons. The molecule has 2 nitrogen and oxygen atoms in total. The van der Waals surface area contributed by atoms with Crippen LogP contribution < -0.4 is 10.1 Å². The van der Waals surface area contributed by atoms with Crippen molar-refractivity contribution in [1.29, 1.82) is 0 Å². The van der Waals surface area contributed by atoms with Crippen LogP contribution in [0.3, 0.4) is 0 Å². The fraction of sp³-hybridized carbons (Fsp3) is 0.500. The Morgan fingerprint density at radius 3 is 3.07 bits per heavy atom. The van der Waals surface area contributed by atoms with E-state index in [1.54, 1.807) is 0 Å². The molecular formula is C12H15NO. The smallest absolute Gasteiger partial charge is 0.125 e. The van der Waals surface area contributed by atoms with Crippen molar-refractivity contribution < 1.29 is 4.74 Å². The molecule has 0 bridgehead atoms. The molecule has 1 saturated heterocycles. The van der Waals surface area contributed by atoms with Gasteiger partial charge in [-0.3, -0.25) is 0 Å². The minimum absolute atomic E-state index is 0.825. The Hall–Kier alpha value is -1.02. The van der Waals surface area contributed by atoms with Gasteiger partial charge in [-0.25, -0.2) is 0 Å². The first kappa shape index (κ1) is 8.30. The zero-order valence-electron chi connectivity index (χ0n) is 8.25. The van der Waals surface area contributed by atoms with E-state index < -0.39 is 0 Å². The number of rotatable bonds is 2. The highest BCUT2D eigenvalue weighted by molar-refractivity contribution is 5.44. The maximum absolute atomic E-state index is 5.68. The maximum Gasteiger partial charge on any atom is 0.125 e. The second kappa shape index (κ2) is 3.28. The molecule has 0 atom stereocenters. The monoisotopic (exact) mass is 189 g/mol. The molecule has 1 aromatic rings. The summed E-state index contributed by atoms with van der Waals surface area (Å²) < 4.78 is 5.68. The number of hydrogen-bond donors (Lipinski definition) is 1. The molecule has 0 unspecified atom stereocenters. The Bertz CT molecular complexity index is 344. The molecular weight excluding hydrogens is 174 g/mol. The van der Waals surface area contributed by atoms with E-state index in [2.05, 4.69) is 23.5 Å². The Morgan fingerprint density at radius 2 is 2.29 bits per heavy atom. The van der Waals surface area contributed by atoms with E-state index in [1.807, 2.05) is 0 Å². The van der Waals surface area contributed by atoms with Gasteiger partial charge in [0.05, 0.1) is 6.61 Å². The highest BCUT2D eigenvalue weighted by Crippen LogP contribution is 2.31. The van der Waals surface area contributed by atoms with Crippen LogP contribution in [0.2, 0.25) is 0 Å². The average Bonchev–Trinajstić information content (AvgIpc) is 2.59. The lowest BCUT2D eigenvalue weighted by atomic mass is 9.93. The highest BCUT2D eigenvalue weighted by atomic mass is 16.5. The fourth-order valence-electron chi connectivity index (χ4n) is 2.25. The Kier molecular flexibility index (Phi) is 1.95. The van der Waals surface area contributed by atoms with Crippen molar-refractivity contribution in [1.82, 2.24) is 5.32 Å². The number of ether oxygens (including phenoxy) is 1. The predicted molar refractivity (Wildman–Crippen MR) is 55.7 cm³/mol. The average molecular weight is 189 g/mol. The van der Waals surface area contributed by atoms with E-state index in [-0.39, 0.29) is 0 Å². The summed E-state index contributed by atoms with van der Waals surface area (Å²) >= 11 is 0. The largest absolute Gasteiger partial charge is 0.493 e. The van der Waals surface area contributed by atoms with Gasteiger partial charge in [-0.05, 0) is 36.6 Å². The molecule has 2 heteroatoms. The second-order valence-electron chi connectivity index (χ2n) is 4.23. The minimum atomic E-state index is 0.825. The third kappa shape index (κ3) is 1.30. The van der Waals surface area contributed by atoms with Gasteiger partial charge in [0.25, 0.3) is 0 Å². The zero-order chi connectivity index (χ0) is 9.38. The van der Waals surface area contributed by atoms with Crippen molar-refractivity contribution >= 4 is 0 Å². The molecule has 1 N–H and O–H groups in total. The molecule has 1 aromatic carbocycles. The van der Waals surface area contributed by atoms with Gasteiger partial charge in [0.15, 0.2) is 0 Å². The van der Waals surface area contributed by atoms with Gasteiger partial charge in [0.2, 0.25) is 0 Å². The van der Waals surface area contributed by atoms with Crippen LogP contribution in [0, 0.1) is 5.92 Å². The lowest BCUT2D eigenvalue weighted by Gasteiger charge is -2.27. The first-order valence-electron chi connectivity index (χ1n) is 5.38. The van der Waals surface area contributed by atoms with E-state index in [0.29, 0.717) is 0 Å². The van der Waals surface area contributed by atoms with E-state index in [1.165, 1.54) is 36.4 Å². The van der Waals surface area contributed by atoms with Crippen LogP contribution in [-0.4, -0.2) is 19.7 Å². The van der Waals surface area contributed by atoms with Crippen molar-refractivity contribution in [2.24, 2.45) is 5.92 Å². The topological polar surface area (TPSA) is 21.3 Å². The van der Waals surface area contributed by atoms with Gasteiger partial charge < -0.3 is 10.1 Å².